The summed E-state index contributed by atoms with van der Waals surface area (Å²) >= 11 is 1.78. The van der Waals surface area contributed by atoms with Crippen LogP contribution in [0.1, 0.15) is 22.7 Å². The van der Waals surface area contributed by atoms with E-state index >= 15 is 0 Å². The highest BCUT2D eigenvalue weighted by Gasteiger charge is 2.43. The van der Waals surface area contributed by atoms with Gasteiger partial charge in [-0.15, -0.1) is 11.3 Å². The Balaban J connectivity index is 1.30. The van der Waals surface area contributed by atoms with E-state index in [0.717, 1.165) is 52.1 Å². The molecule has 2 aliphatic rings. The molecule has 1 aromatic heterocycles. The molecule has 0 atom stereocenters. The van der Waals surface area contributed by atoms with Crippen LogP contribution in [0.3, 0.4) is 0 Å². The van der Waals surface area contributed by atoms with Gasteiger partial charge in [0.25, 0.3) is 0 Å². The summed E-state index contributed by atoms with van der Waals surface area (Å²) in [6.07, 6.45) is 3.05. The number of nitrogens with zero attached hydrogens (tertiary/aromatic N) is 2. The number of likely N-dealkylation sites (tertiary alicyclic amines) is 1. The summed E-state index contributed by atoms with van der Waals surface area (Å²) in [5, 5.41) is 3.42. The van der Waals surface area contributed by atoms with Gasteiger partial charge in [0, 0.05) is 31.3 Å². The first-order chi connectivity index (χ1) is 11.3. The van der Waals surface area contributed by atoms with Crippen molar-refractivity contribution in [2.24, 2.45) is 0 Å². The van der Waals surface area contributed by atoms with Gasteiger partial charge in [-0.1, -0.05) is 30.3 Å². The Hall–Kier alpha value is -1.27. The molecule has 4 nitrogen and oxygen atoms in total. The van der Waals surface area contributed by atoms with Crippen LogP contribution in [0.5, 0.6) is 0 Å². The predicted molar refractivity (Wildman–Crippen MR) is 90.5 cm³/mol. The zero-order valence-electron chi connectivity index (χ0n) is 13.2. The van der Waals surface area contributed by atoms with E-state index in [1.54, 1.807) is 11.3 Å². The molecule has 0 amide bonds. The van der Waals surface area contributed by atoms with Crippen LogP contribution in [0.15, 0.2) is 35.7 Å². The fraction of sp³-hybridized carbons (Fsp3) is 0.500. The molecule has 0 bridgehead atoms. The third-order valence-electron chi connectivity index (χ3n) is 4.54. The lowest BCUT2D eigenvalue weighted by atomic mass is 10.1. The van der Waals surface area contributed by atoms with Crippen molar-refractivity contribution in [1.29, 1.82) is 0 Å². The Morgan fingerprint density at radius 1 is 1.13 bits per heavy atom. The minimum absolute atomic E-state index is 0.327. The van der Waals surface area contributed by atoms with E-state index in [0.29, 0.717) is 0 Å². The fourth-order valence-corrected chi connectivity index (χ4v) is 4.15. The van der Waals surface area contributed by atoms with Crippen molar-refractivity contribution in [1.82, 2.24) is 9.88 Å². The molecule has 4 rings (SSSR count). The molecule has 1 spiro atoms. The number of thiazole rings is 1. The Morgan fingerprint density at radius 2 is 1.96 bits per heavy atom. The summed E-state index contributed by atoms with van der Waals surface area (Å²) < 4.78 is 11.6. The first-order valence-electron chi connectivity index (χ1n) is 8.29. The molecule has 0 aliphatic carbocycles. The van der Waals surface area contributed by atoms with Crippen LogP contribution < -0.4 is 0 Å². The van der Waals surface area contributed by atoms with Crippen LogP contribution in [0.4, 0.5) is 0 Å². The largest absolute Gasteiger partial charge is 0.346 e. The van der Waals surface area contributed by atoms with E-state index in [1.165, 1.54) is 16.3 Å². The highest BCUT2D eigenvalue weighted by molar-refractivity contribution is 7.09. The average Bonchev–Trinajstić information content (AvgIpc) is 3.31. The molecule has 2 fully saturated rings. The van der Waals surface area contributed by atoms with Crippen molar-refractivity contribution in [2.75, 3.05) is 26.3 Å². The molecule has 2 aliphatic heterocycles. The molecule has 3 heterocycles. The van der Waals surface area contributed by atoms with Gasteiger partial charge < -0.3 is 9.47 Å². The standard InChI is InChI=1S/C18H22N2O2S/c1-2-4-15(5-3-1)6-7-17-19-16(13-23-17)12-20-9-8-18(14-20)21-10-11-22-18/h1-5,13H,6-12,14H2. The number of aryl methyl sites for hydroxylation is 2. The van der Waals surface area contributed by atoms with Crippen LogP contribution in [-0.4, -0.2) is 42.0 Å². The molecule has 0 N–H and O–H groups in total. The molecule has 122 valence electrons. The summed E-state index contributed by atoms with van der Waals surface area (Å²) in [5.74, 6) is -0.327. The summed E-state index contributed by atoms with van der Waals surface area (Å²) in [5.41, 5.74) is 2.55. The molecule has 5 heteroatoms. The SMILES string of the molecule is c1ccc(CCc2nc(CN3CCC4(C3)OCCO4)cs2)cc1. The Morgan fingerprint density at radius 3 is 2.78 bits per heavy atom. The summed E-state index contributed by atoms with van der Waals surface area (Å²) in [6, 6.07) is 10.6. The first-order valence-corrected chi connectivity index (χ1v) is 9.17. The third-order valence-corrected chi connectivity index (χ3v) is 5.50. The van der Waals surface area contributed by atoms with E-state index in [4.69, 9.17) is 14.5 Å². The molecule has 0 saturated carbocycles. The molecule has 0 unspecified atom stereocenters. The Kier molecular flexibility index (Phi) is 4.44. The topological polar surface area (TPSA) is 34.6 Å². The lowest BCUT2D eigenvalue weighted by molar-refractivity contribution is -0.145. The molecule has 0 radical (unpaired) electrons. The molecule has 2 aromatic rings. The monoisotopic (exact) mass is 330 g/mol. The summed E-state index contributed by atoms with van der Waals surface area (Å²) in [7, 11) is 0. The quantitative estimate of drug-likeness (QED) is 0.844. The zero-order chi connectivity index (χ0) is 15.5. The highest BCUT2D eigenvalue weighted by Crippen LogP contribution is 2.31. The van der Waals surface area contributed by atoms with E-state index in [1.807, 2.05) is 0 Å². The summed E-state index contributed by atoms with van der Waals surface area (Å²) in [6.45, 7) is 4.25. The van der Waals surface area contributed by atoms with E-state index in [9.17, 15) is 0 Å². The molecule has 23 heavy (non-hydrogen) atoms. The van der Waals surface area contributed by atoms with E-state index in [-0.39, 0.29) is 5.79 Å². The predicted octanol–water partition coefficient (Wildman–Crippen LogP) is 2.88. The Labute approximate surface area is 141 Å². The fourth-order valence-electron chi connectivity index (χ4n) is 3.36. The number of ether oxygens (including phenoxy) is 2. The smallest absolute Gasteiger partial charge is 0.182 e. The van der Waals surface area contributed by atoms with Crippen LogP contribution in [0.2, 0.25) is 0 Å². The first kappa shape index (κ1) is 15.3. The maximum absolute atomic E-state index is 5.78. The number of aromatic nitrogens is 1. The van der Waals surface area contributed by atoms with Gasteiger partial charge in [0.15, 0.2) is 5.79 Å². The van der Waals surface area contributed by atoms with Crippen molar-refractivity contribution < 1.29 is 9.47 Å². The second kappa shape index (κ2) is 6.69. The number of benzene rings is 1. The second-order valence-electron chi connectivity index (χ2n) is 6.29. The normalized spacial score (nSPS) is 20.5. The second-order valence-corrected chi connectivity index (χ2v) is 7.23. The maximum Gasteiger partial charge on any atom is 0.182 e. The number of hydrogen-bond acceptors (Lipinski definition) is 5. The number of rotatable bonds is 5. The van der Waals surface area contributed by atoms with Crippen molar-refractivity contribution in [3.63, 3.8) is 0 Å². The minimum Gasteiger partial charge on any atom is -0.346 e. The summed E-state index contributed by atoms with van der Waals surface area (Å²) in [4.78, 5) is 7.19. The van der Waals surface area contributed by atoms with Gasteiger partial charge >= 0.3 is 0 Å². The van der Waals surface area contributed by atoms with Gasteiger partial charge in [0.1, 0.15) is 0 Å². The third kappa shape index (κ3) is 3.63. The van der Waals surface area contributed by atoms with Crippen LogP contribution in [0, 0.1) is 0 Å². The van der Waals surface area contributed by atoms with Crippen molar-refractivity contribution >= 4 is 11.3 Å². The van der Waals surface area contributed by atoms with Gasteiger partial charge in [-0.2, -0.15) is 0 Å². The molecule has 2 saturated heterocycles. The lowest BCUT2D eigenvalue weighted by Crippen LogP contribution is -2.34. The van der Waals surface area contributed by atoms with Gasteiger partial charge in [0.05, 0.1) is 30.5 Å². The number of hydrogen-bond donors (Lipinski definition) is 0. The average molecular weight is 330 g/mol. The van der Waals surface area contributed by atoms with Crippen LogP contribution >= 0.6 is 11.3 Å². The maximum atomic E-state index is 5.78. The highest BCUT2D eigenvalue weighted by atomic mass is 32.1. The van der Waals surface area contributed by atoms with Gasteiger partial charge in [0.2, 0.25) is 0 Å². The van der Waals surface area contributed by atoms with Crippen molar-refractivity contribution in [2.45, 2.75) is 31.6 Å². The minimum atomic E-state index is -0.327. The van der Waals surface area contributed by atoms with E-state index in [2.05, 4.69) is 40.6 Å². The zero-order valence-corrected chi connectivity index (χ0v) is 14.1. The molecular weight excluding hydrogens is 308 g/mol. The lowest BCUT2D eigenvalue weighted by Gasteiger charge is -2.21. The van der Waals surface area contributed by atoms with Crippen LogP contribution in [-0.2, 0) is 28.9 Å². The van der Waals surface area contributed by atoms with Gasteiger partial charge in [-0.3, -0.25) is 4.90 Å². The van der Waals surface area contributed by atoms with Crippen molar-refractivity contribution in [3.05, 3.63) is 52.0 Å². The van der Waals surface area contributed by atoms with Crippen LogP contribution in [0.25, 0.3) is 0 Å². The van der Waals surface area contributed by atoms with E-state index < -0.39 is 0 Å². The molecule has 1 aromatic carbocycles. The Bertz CT molecular complexity index is 637. The van der Waals surface area contributed by atoms with Gasteiger partial charge in [-0.25, -0.2) is 4.98 Å². The molecular formula is C18H22N2O2S. The van der Waals surface area contributed by atoms with Crippen molar-refractivity contribution in [3.8, 4) is 0 Å². The van der Waals surface area contributed by atoms with Gasteiger partial charge in [-0.05, 0) is 12.0 Å².